The summed E-state index contributed by atoms with van der Waals surface area (Å²) in [7, 11) is 0. The zero-order chi connectivity index (χ0) is 12.0. The zero-order valence-electron chi connectivity index (χ0n) is 9.90. The van der Waals surface area contributed by atoms with Gasteiger partial charge < -0.3 is 10.5 Å². The van der Waals surface area contributed by atoms with E-state index in [1.807, 2.05) is 24.3 Å². The first-order valence-electron chi connectivity index (χ1n) is 5.66. The Labute approximate surface area is 103 Å². The highest BCUT2D eigenvalue weighted by Crippen LogP contribution is 2.14. The molecule has 1 atom stereocenters. The van der Waals surface area contributed by atoms with E-state index in [0.717, 1.165) is 17.9 Å². The van der Waals surface area contributed by atoms with E-state index < -0.39 is 0 Å². The summed E-state index contributed by atoms with van der Waals surface area (Å²) in [6.45, 7) is 5.15. The van der Waals surface area contributed by atoms with Crippen molar-refractivity contribution in [2.75, 3.05) is 6.61 Å². The Hall–Kier alpha value is -1.09. The first kappa shape index (κ1) is 13.0. The van der Waals surface area contributed by atoms with Gasteiger partial charge in [0.25, 0.3) is 0 Å². The van der Waals surface area contributed by atoms with Gasteiger partial charge in [0.15, 0.2) is 0 Å². The lowest BCUT2D eigenvalue weighted by Crippen LogP contribution is -2.10. The molecule has 1 unspecified atom stereocenters. The van der Waals surface area contributed by atoms with Crippen molar-refractivity contribution in [2.45, 2.75) is 26.7 Å². The molecule has 0 aliphatic carbocycles. The minimum Gasteiger partial charge on any atom is -0.493 e. The number of hydrogen-bond acceptors (Lipinski definition) is 2. The molecule has 1 rings (SSSR count). The highest BCUT2D eigenvalue weighted by molar-refractivity contribution is 7.80. The predicted octanol–water partition coefficient (Wildman–Crippen LogP) is 3.14. The molecule has 88 valence electrons. The Morgan fingerprint density at radius 1 is 1.38 bits per heavy atom. The molecular weight excluding hydrogens is 218 g/mol. The molecule has 0 aliphatic heterocycles. The molecule has 0 spiro atoms. The van der Waals surface area contributed by atoms with Gasteiger partial charge in [-0.25, -0.2) is 0 Å². The molecule has 0 fully saturated rings. The number of rotatable bonds is 6. The third kappa shape index (κ3) is 4.19. The second-order valence-electron chi connectivity index (χ2n) is 4.09. The molecule has 0 saturated carbocycles. The van der Waals surface area contributed by atoms with E-state index in [0.29, 0.717) is 10.9 Å². The van der Waals surface area contributed by atoms with Gasteiger partial charge in [0.1, 0.15) is 10.7 Å². The van der Waals surface area contributed by atoms with E-state index >= 15 is 0 Å². The fourth-order valence-electron chi connectivity index (χ4n) is 1.53. The number of thiocarbonyl (C=S) groups is 1. The van der Waals surface area contributed by atoms with Crippen LogP contribution in [0, 0.1) is 5.92 Å². The summed E-state index contributed by atoms with van der Waals surface area (Å²) in [5.74, 6) is 1.48. The maximum atomic E-state index is 5.67. The van der Waals surface area contributed by atoms with Crippen LogP contribution in [0.5, 0.6) is 5.75 Å². The van der Waals surface area contributed by atoms with Crippen LogP contribution in [0.3, 0.4) is 0 Å². The Morgan fingerprint density at radius 3 is 2.50 bits per heavy atom. The van der Waals surface area contributed by atoms with Crippen LogP contribution < -0.4 is 10.5 Å². The molecule has 0 amide bonds. The van der Waals surface area contributed by atoms with Crippen molar-refractivity contribution in [3.63, 3.8) is 0 Å². The minimum absolute atomic E-state index is 0.422. The Balaban J connectivity index is 2.46. The lowest BCUT2D eigenvalue weighted by molar-refractivity contribution is 0.251. The first-order valence-corrected chi connectivity index (χ1v) is 6.07. The van der Waals surface area contributed by atoms with Crippen LogP contribution in [-0.4, -0.2) is 11.6 Å². The summed E-state index contributed by atoms with van der Waals surface area (Å²) in [6.07, 6.45) is 2.40. The SMILES string of the molecule is CCCC(C)COc1ccc(C(N)=S)cc1. The average Bonchev–Trinajstić information content (AvgIpc) is 2.27. The normalized spacial score (nSPS) is 12.1. The second kappa shape index (κ2) is 6.48. The van der Waals surface area contributed by atoms with E-state index in [1.54, 1.807) is 0 Å². The lowest BCUT2D eigenvalue weighted by Gasteiger charge is -2.12. The van der Waals surface area contributed by atoms with Gasteiger partial charge in [0, 0.05) is 5.56 Å². The van der Waals surface area contributed by atoms with Crippen LogP contribution >= 0.6 is 12.2 Å². The number of benzene rings is 1. The van der Waals surface area contributed by atoms with Gasteiger partial charge in [-0.05, 0) is 36.6 Å². The van der Waals surface area contributed by atoms with E-state index in [-0.39, 0.29) is 0 Å². The van der Waals surface area contributed by atoms with Crippen LogP contribution in [0.4, 0.5) is 0 Å². The van der Waals surface area contributed by atoms with Gasteiger partial charge in [-0.2, -0.15) is 0 Å². The maximum absolute atomic E-state index is 5.67. The minimum atomic E-state index is 0.422. The van der Waals surface area contributed by atoms with Crippen molar-refractivity contribution >= 4 is 17.2 Å². The third-order valence-corrected chi connectivity index (χ3v) is 2.69. The van der Waals surface area contributed by atoms with E-state index in [2.05, 4.69) is 13.8 Å². The fourth-order valence-corrected chi connectivity index (χ4v) is 1.67. The molecule has 1 aromatic rings. The molecule has 0 aliphatic rings. The van der Waals surface area contributed by atoms with Crippen LogP contribution in [0.1, 0.15) is 32.3 Å². The molecule has 16 heavy (non-hydrogen) atoms. The van der Waals surface area contributed by atoms with E-state index in [9.17, 15) is 0 Å². The van der Waals surface area contributed by atoms with Gasteiger partial charge in [-0.3, -0.25) is 0 Å². The Kier molecular flexibility index (Phi) is 5.26. The van der Waals surface area contributed by atoms with Crippen molar-refractivity contribution in [3.05, 3.63) is 29.8 Å². The van der Waals surface area contributed by atoms with Gasteiger partial charge in [0.05, 0.1) is 6.61 Å². The summed E-state index contributed by atoms with van der Waals surface area (Å²) in [4.78, 5) is 0.422. The quantitative estimate of drug-likeness (QED) is 0.772. The van der Waals surface area contributed by atoms with Crippen LogP contribution in [0.25, 0.3) is 0 Å². The van der Waals surface area contributed by atoms with Crippen LogP contribution in [0.15, 0.2) is 24.3 Å². The molecule has 0 radical (unpaired) electrons. The van der Waals surface area contributed by atoms with Gasteiger partial charge in [0.2, 0.25) is 0 Å². The molecule has 0 saturated heterocycles. The molecule has 0 bridgehead atoms. The number of hydrogen-bond donors (Lipinski definition) is 1. The van der Waals surface area contributed by atoms with E-state index in [4.69, 9.17) is 22.7 Å². The second-order valence-corrected chi connectivity index (χ2v) is 4.53. The Morgan fingerprint density at radius 2 is 2.00 bits per heavy atom. The monoisotopic (exact) mass is 237 g/mol. The predicted molar refractivity (Wildman–Crippen MR) is 71.9 cm³/mol. The van der Waals surface area contributed by atoms with Crippen molar-refractivity contribution < 1.29 is 4.74 Å². The lowest BCUT2D eigenvalue weighted by atomic mass is 10.1. The summed E-state index contributed by atoms with van der Waals surface area (Å²) < 4.78 is 5.67. The highest BCUT2D eigenvalue weighted by Gasteiger charge is 2.02. The van der Waals surface area contributed by atoms with Crippen LogP contribution in [-0.2, 0) is 0 Å². The average molecular weight is 237 g/mol. The molecule has 1 aromatic carbocycles. The standard InChI is InChI=1S/C13H19NOS/c1-3-4-10(2)9-15-12-7-5-11(6-8-12)13(14)16/h5-8,10H,3-4,9H2,1-2H3,(H2,14,16). The topological polar surface area (TPSA) is 35.2 Å². The van der Waals surface area contributed by atoms with Gasteiger partial charge >= 0.3 is 0 Å². The Bertz CT molecular complexity index is 334. The summed E-state index contributed by atoms with van der Waals surface area (Å²) in [5, 5.41) is 0. The molecule has 2 N–H and O–H groups in total. The van der Waals surface area contributed by atoms with Gasteiger partial charge in [-0.1, -0.05) is 32.5 Å². The molecule has 0 heterocycles. The molecule has 3 heteroatoms. The van der Waals surface area contributed by atoms with Crippen molar-refractivity contribution in [2.24, 2.45) is 11.7 Å². The largest absolute Gasteiger partial charge is 0.493 e. The summed E-state index contributed by atoms with van der Waals surface area (Å²) in [6, 6.07) is 7.60. The van der Waals surface area contributed by atoms with E-state index in [1.165, 1.54) is 12.8 Å². The molecule has 2 nitrogen and oxygen atoms in total. The zero-order valence-corrected chi connectivity index (χ0v) is 10.7. The smallest absolute Gasteiger partial charge is 0.119 e. The summed E-state index contributed by atoms with van der Waals surface area (Å²) in [5.41, 5.74) is 6.39. The fraction of sp³-hybridized carbons (Fsp3) is 0.462. The molecule has 0 aromatic heterocycles. The summed E-state index contributed by atoms with van der Waals surface area (Å²) >= 11 is 4.88. The van der Waals surface area contributed by atoms with Crippen molar-refractivity contribution in [1.29, 1.82) is 0 Å². The highest BCUT2D eigenvalue weighted by atomic mass is 32.1. The van der Waals surface area contributed by atoms with Gasteiger partial charge in [-0.15, -0.1) is 0 Å². The third-order valence-electron chi connectivity index (χ3n) is 2.45. The van der Waals surface area contributed by atoms with Crippen LogP contribution in [0.2, 0.25) is 0 Å². The number of nitrogens with two attached hydrogens (primary N) is 1. The van der Waals surface area contributed by atoms with Crippen molar-refractivity contribution in [3.8, 4) is 5.75 Å². The molecular formula is C13H19NOS. The van der Waals surface area contributed by atoms with Crippen molar-refractivity contribution in [1.82, 2.24) is 0 Å². The first-order chi connectivity index (χ1) is 7.63. The maximum Gasteiger partial charge on any atom is 0.119 e. The number of ether oxygens (including phenoxy) is 1.